The van der Waals surface area contributed by atoms with Crippen molar-refractivity contribution in [3.05, 3.63) is 78.0 Å². The topological polar surface area (TPSA) is 37.0 Å². The summed E-state index contributed by atoms with van der Waals surface area (Å²) in [5.74, 6) is -0.206. The number of hydrogen-bond acceptors (Lipinski definition) is 3. The lowest BCUT2D eigenvalue weighted by Gasteiger charge is -2.18. The standard InChI is InChI=1S/C23H24FN3/c1-3-17-13-18(14-26-17)27-15(2)16-8-9-20(22(24)12-16)19-10-11-25-23-7-5-4-6-21(19)23/h4-12,14-15,17,26-27H,3,13H2,1-2H3. The van der Waals surface area contributed by atoms with Crippen molar-refractivity contribution in [1.82, 2.24) is 15.6 Å². The molecule has 4 rings (SSSR count). The zero-order chi connectivity index (χ0) is 18.8. The Hall–Kier alpha value is -2.88. The van der Waals surface area contributed by atoms with E-state index >= 15 is 0 Å². The summed E-state index contributed by atoms with van der Waals surface area (Å²) in [5.41, 5.74) is 4.48. The van der Waals surface area contributed by atoms with Crippen molar-refractivity contribution in [2.24, 2.45) is 0 Å². The van der Waals surface area contributed by atoms with Crippen LogP contribution >= 0.6 is 0 Å². The minimum absolute atomic E-state index is 0.0476. The van der Waals surface area contributed by atoms with Gasteiger partial charge >= 0.3 is 0 Å². The smallest absolute Gasteiger partial charge is 0.131 e. The van der Waals surface area contributed by atoms with E-state index in [-0.39, 0.29) is 11.9 Å². The molecule has 2 heterocycles. The number of aromatic nitrogens is 1. The van der Waals surface area contributed by atoms with Crippen molar-refractivity contribution in [3.8, 4) is 11.1 Å². The lowest BCUT2D eigenvalue weighted by Crippen LogP contribution is -2.20. The third kappa shape index (κ3) is 3.52. The number of pyridine rings is 1. The maximum absolute atomic E-state index is 15.0. The molecule has 0 spiro atoms. The quantitative estimate of drug-likeness (QED) is 0.647. The summed E-state index contributed by atoms with van der Waals surface area (Å²) in [6, 6.07) is 15.8. The Morgan fingerprint density at radius 3 is 2.81 bits per heavy atom. The van der Waals surface area contributed by atoms with E-state index in [0.29, 0.717) is 11.6 Å². The third-order valence-electron chi connectivity index (χ3n) is 5.29. The second kappa shape index (κ2) is 7.39. The molecule has 2 N–H and O–H groups in total. The number of para-hydroxylation sites is 1. The van der Waals surface area contributed by atoms with Gasteiger partial charge in [-0.05, 0) is 42.7 Å². The van der Waals surface area contributed by atoms with Crippen molar-refractivity contribution < 1.29 is 4.39 Å². The van der Waals surface area contributed by atoms with Crippen molar-refractivity contribution in [2.45, 2.75) is 38.8 Å². The van der Waals surface area contributed by atoms with Gasteiger partial charge < -0.3 is 10.6 Å². The van der Waals surface area contributed by atoms with Gasteiger partial charge in [-0.3, -0.25) is 4.98 Å². The second-order valence-corrected chi connectivity index (χ2v) is 7.13. The Labute approximate surface area is 159 Å². The van der Waals surface area contributed by atoms with E-state index in [0.717, 1.165) is 34.9 Å². The minimum Gasteiger partial charge on any atom is -0.386 e. The van der Waals surface area contributed by atoms with Crippen LogP contribution in [-0.4, -0.2) is 11.0 Å². The van der Waals surface area contributed by atoms with Crippen molar-refractivity contribution in [3.63, 3.8) is 0 Å². The molecule has 3 nitrogen and oxygen atoms in total. The lowest BCUT2D eigenvalue weighted by atomic mass is 9.98. The highest BCUT2D eigenvalue weighted by atomic mass is 19.1. The molecule has 0 fully saturated rings. The van der Waals surface area contributed by atoms with Crippen LogP contribution in [0.3, 0.4) is 0 Å². The average Bonchev–Trinajstić information content (AvgIpc) is 3.15. The molecule has 2 aromatic carbocycles. The molecule has 2 atom stereocenters. The van der Waals surface area contributed by atoms with Crippen LogP contribution < -0.4 is 10.6 Å². The summed E-state index contributed by atoms with van der Waals surface area (Å²) >= 11 is 0. The van der Waals surface area contributed by atoms with E-state index in [1.165, 1.54) is 5.70 Å². The Morgan fingerprint density at radius 1 is 1.19 bits per heavy atom. The van der Waals surface area contributed by atoms with Gasteiger partial charge in [0.15, 0.2) is 0 Å². The zero-order valence-corrected chi connectivity index (χ0v) is 15.7. The molecule has 0 aliphatic carbocycles. The van der Waals surface area contributed by atoms with Gasteiger partial charge in [-0.2, -0.15) is 0 Å². The van der Waals surface area contributed by atoms with E-state index in [1.54, 1.807) is 12.3 Å². The molecular weight excluding hydrogens is 337 g/mol. The van der Waals surface area contributed by atoms with Gasteiger partial charge in [0.2, 0.25) is 0 Å². The number of nitrogens with one attached hydrogen (secondary N) is 2. The molecular formula is C23H24FN3. The normalized spacial score (nSPS) is 17.4. The minimum atomic E-state index is -0.206. The summed E-state index contributed by atoms with van der Waals surface area (Å²) in [7, 11) is 0. The Kier molecular flexibility index (Phi) is 4.80. The van der Waals surface area contributed by atoms with Crippen LogP contribution in [0.15, 0.2) is 66.6 Å². The highest BCUT2D eigenvalue weighted by molar-refractivity contribution is 5.94. The number of halogens is 1. The van der Waals surface area contributed by atoms with E-state index in [1.807, 2.05) is 48.7 Å². The lowest BCUT2D eigenvalue weighted by molar-refractivity contribution is 0.568. The monoisotopic (exact) mass is 361 g/mol. The Bertz CT molecular complexity index is 991. The summed E-state index contributed by atoms with van der Waals surface area (Å²) < 4.78 is 15.0. The van der Waals surface area contributed by atoms with Crippen molar-refractivity contribution >= 4 is 10.9 Å². The molecule has 1 aliphatic rings. The van der Waals surface area contributed by atoms with Gasteiger partial charge in [-0.1, -0.05) is 37.3 Å². The van der Waals surface area contributed by atoms with Gasteiger partial charge in [-0.15, -0.1) is 0 Å². The molecule has 0 saturated heterocycles. The maximum atomic E-state index is 15.0. The number of fused-ring (bicyclic) bond motifs is 1. The van der Waals surface area contributed by atoms with Gasteiger partial charge in [0.1, 0.15) is 5.82 Å². The Balaban J connectivity index is 1.59. The largest absolute Gasteiger partial charge is 0.386 e. The molecule has 0 saturated carbocycles. The number of rotatable bonds is 5. The van der Waals surface area contributed by atoms with E-state index in [9.17, 15) is 4.39 Å². The van der Waals surface area contributed by atoms with Crippen LogP contribution in [-0.2, 0) is 0 Å². The summed E-state index contributed by atoms with van der Waals surface area (Å²) in [6.07, 6.45) is 5.86. The number of hydrogen-bond donors (Lipinski definition) is 2. The van der Waals surface area contributed by atoms with Gasteiger partial charge in [-0.25, -0.2) is 4.39 Å². The first-order valence-corrected chi connectivity index (χ1v) is 9.51. The molecule has 0 bridgehead atoms. The fourth-order valence-electron chi connectivity index (χ4n) is 3.68. The maximum Gasteiger partial charge on any atom is 0.131 e. The van der Waals surface area contributed by atoms with E-state index < -0.39 is 0 Å². The zero-order valence-electron chi connectivity index (χ0n) is 15.7. The summed E-state index contributed by atoms with van der Waals surface area (Å²) in [5, 5.41) is 7.83. The fraction of sp³-hybridized carbons (Fsp3) is 0.261. The predicted octanol–water partition coefficient (Wildman–Crippen LogP) is 5.30. The molecule has 27 heavy (non-hydrogen) atoms. The highest BCUT2D eigenvalue weighted by Crippen LogP contribution is 2.31. The first-order valence-electron chi connectivity index (χ1n) is 9.51. The van der Waals surface area contributed by atoms with E-state index in [2.05, 4.69) is 29.5 Å². The Morgan fingerprint density at radius 2 is 2.04 bits per heavy atom. The van der Waals surface area contributed by atoms with Crippen molar-refractivity contribution in [2.75, 3.05) is 0 Å². The molecule has 3 aromatic rings. The molecule has 138 valence electrons. The SMILES string of the molecule is CCC1CC(NC(C)c2ccc(-c3ccnc4ccccc34)c(F)c2)=CN1. The molecule has 4 heteroatoms. The number of nitrogens with zero attached hydrogens (tertiary/aromatic N) is 1. The number of benzene rings is 2. The molecule has 0 amide bonds. The van der Waals surface area contributed by atoms with Crippen LogP contribution in [0.5, 0.6) is 0 Å². The summed E-state index contributed by atoms with van der Waals surface area (Å²) in [6.45, 7) is 4.24. The molecule has 0 radical (unpaired) electrons. The van der Waals surface area contributed by atoms with Gasteiger partial charge in [0, 0.05) is 47.5 Å². The first-order chi connectivity index (χ1) is 13.2. The third-order valence-corrected chi connectivity index (χ3v) is 5.29. The van der Waals surface area contributed by atoms with E-state index in [4.69, 9.17) is 0 Å². The summed E-state index contributed by atoms with van der Waals surface area (Å²) in [4.78, 5) is 4.37. The predicted molar refractivity (Wildman–Crippen MR) is 109 cm³/mol. The molecule has 2 unspecified atom stereocenters. The van der Waals surface area contributed by atoms with Crippen LogP contribution in [0.1, 0.15) is 38.3 Å². The van der Waals surface area contributed by atoms with Gasteiger partial charge in [0.05, 0.1) is 5.52 Å². The van der Waals surface area contributed by atoms with Crippen LogP contribution in [0.25, 0.3) is 22.0 Å². The first kappa shape index (κ1) is 17.5. The average molecular weight is 361 g/mol. The van der Waals surface area contributed by atoms with Crippen LogP contribution in [0.4, 0.5) is 4.39 Å². The van der Waals surface area contributed by atoms with Crippen molar-refractivity contribution in [1.29, 1.82) is 0 Å². The fourth-order valence-corrected chi connectivity index (χ4v) is 3.68. The highest BCUT2D eigenvalue weighted by Gasteiger charge is 2.17. The molecule has 1 aromatic heterocycles. The second-order valence-electron chi connectivity index (χ2n) is 7.13. The van der Waals surface area contributed by atoms with Crippen LogP contribution in [0.2, 0.25) is 0 Å². The van der Waals surface area contributed by atoms with Gasteiger partial charge in [0.25, 0.3) is 0 Å². The molecule has 1 aliphatic heterocycles. The van der Waals surface area contributed by atoms with Crippen LogP contribution in [0, 0.1) is 5.82 Å².